The largest absolute Gasteiger partial charge is 0.466 e. The first kappa shape index (κ1) is 21.3. The van der Waals surface area contributed by atoms with Crippen LogP contribution in [0.25, 0.3) is 0 Å². The van der Waals surface area contributed by atoms with Gasteiger partial charge in [-0.05, 0) is 50.6 Å². The van der Waals surface area contributed by atoms with E-state index in [1.807, 2.05) is 4.90 Å². The third-order valence-electron chi connectivity index (χ3n) is 4.41. The van der Waals surface area contributed by atoms with Crippen molar-refractivity contribution in [3.05, 3.63) is 24.3 Å². The number of hydrogen-bond acceptors (Lipinski definition) is 6. The lowest BCUT2D eigenvalue weighted by atomic mass is 9.98. The Kier molecular flexibility index (Phi) is 7.34. The molecule has 1 saturated heterocycles. The van der Waals surface area contributed by atoms with Crippen LogP contribution in [-0.2, 0) is 24.3 Å². The second-order valence-corrected chi connectivity index (χ2v) is 8.84. The highest BCUT2D eigenvalue weighted by molar-refractivity contribution is 7.89. The quantitative estimate of drug-likeness (QED) is 0.694. The van der Waals surface area contributed by atoms with Crippen molar-refractivity contribution in [2.45, 2.75) is 24.7 Å². The Balaban J connectivity index is 1.91. The summed E-state index contributed by atoms with van der Waals surface area (Å²) in [4.78, 5) is 26.3. The first-order valence-corrected chi connectivity index (χ1v) is 10.4. The minimum Gasteiger partial charge on any atom is -0.466 e. The Bertz CT molecular complexity index is 762. The molecule has 0 aromatic heterocycles. The lowest BCUT2D eigenvalue weighted by Gasteiger charge is -2.30. The van der Waals surface area contributed by atoms with E-state index in [9.17, 15) is 18.0 Å². The van der Waals surface area contributed by atoms with Crippen LogP contribution in [0.1, 0.15) is 19.8 Å². The second-order valence-electron chi connectivity index (χ2n) is 6.69. The van der Waals surface area contributed by atoms with Crippen LogP contribution in [-0.4, -0.2) is 69.8 Å². The molecule has 1 N–H and O–H groups in total. The number of hydrogen-bond donors (Lipinski definition) is 1. The van der Waals surface area contributed by atoms with Crippen molar-refractivity contribution < 1.29 is 22.7 Å². The summed E-state index contributed by atoms with van der Waals surface area (Å²) in [5.74, 6) is -0.606. The van der Waals surface area contributed by atoms with Crippen LogP contribution in [0, 0.1) is 5.92 Å². The zero-order chi connectivity index (χ0) is 20.0. The standard InChI is InChI=1S/C18H27N3O5S/c1-4-26-18(23)14-6-5-11-21(12-14)13-17(22)19-15-7-9-16(10-8-15)27(24,25)20(2)3/h7-10,14H,4-6,11-13H2,1-3H3,(H,19,22)/t14-/m0/s1. The number of carbonyl (C=O) groups is 2. The third kappa shape index (κ3) is 5.75. The highest BCUT2D eigenvalue weighted by atomic mass is 32.2. The molecule has 27 heavy (non-hydrogen) atoms. The number of sulfonamides is 1. The Labute approximate surface area is 160 Å². The van der Waals surface area contributed by atoms with E-state index < -0.39 is 10.0 Å². The van der Waals surface area contributed by atoms with Crippen molar-refractivity contribution in [1.29, 1.82) is 0 Å². The van der Waals surface area contributed by atoms with Gasteiger partial charge in [-0.25, -0.2) is 12.7 Å². The monoisotopic (exact) mass is 397 g/mol. The summed E-state index contributed by atoms with van der Waals surface area (Å²) in [5.41, 5.74) is 0.525. The van der Waals surface area contributed by atoms with Gasteiger partial charge in [0, 0.05) is 26.3 Å². The summed E-state index contributed by atoms with van der Waals surface area (Å²) < 4.78 is 30.3. The van der Waals surface area contributed by atoms with Crippen LogP contribution in [0.15, 0.2) is 29.2 Å². The SMILES string of the molecule is CCOC(=O)[C@H]1CCCN(CC(=O)Nc2ccc(S(=O)(=O)N(C)C)cc2)C1. The normalized spacial score (nSPS) is 18.3. The molecule has 150 valence electrons. The first-order chi connectivity index (χ1) is 12.7. The highest BCUT2D eigenvalue weighted by Gasteiger charge is 2.27. The maximum Gasteiger partial charge on any atom is 0.310 e. The molecule has 1 aliphatic heterocycles. The molecule has 0 bridgehead atoms. The van der Waals surface area contributed by atoms with Crippen LogP contribution in [0.3, 0.4) is 0 Å². The molecule has 0 saturated carbocycles. The fourth-order valence-electron chi connectivity index (χ4n) is 2.98. The number of nitrogens with zero attached hydrogens (tertiary/aromatic N) is 2. The zero-order valence-corrected chi connectivity index (χ0v) is 16.8. The van der Waals surface area contributed by atoms with E-state index >= 15 is 0 Å². The number of rotatable bonds is 7. The van der Waals surface area contributed by atoms with Gasteiger partial charge < -0.3 is 10.1 Å². The molecule has 1 aromatic carbocycles. The molecule has 1 atom stereocenters. The van der Waals surface area contributed by atoms with E-state index in [2.05, 4.69) is 5.32 Å². The number of carbonyl (C=O) groups excluding carboxylic acids is 2. The molecule has 8 nitrogen and oxygen atoms in total. The number of ether oxygens (including phenoxy) is 1. The molecule has 2 rings (SSSR count). The van der Waals surface area contributed by atoms with Crippen LogP contribution in [0.2, 0.25) is 0 Å². The van der Waals surface area contributed by atoms with Gasteiger partial charge in [0.1, 0.15) is 0 Å². The maximum absolute atomic E-state index is 12.3. The Morgan fingerprint density at radius 2 is 1.93 bits per heavy atom. The van der Waals surface area contributed by atoms with E-state index in [-0.39, 0.29) is 29.2 Å². The minimum atomic E-state index is -3.50. The Hall–Kier alpha value is -1.97. The molecule has 0 spiro atoms. The number of anilines is 1. The van der Waals surface area contributed by atoms with E-state index in [4.69, 9.17) is 4.74 Å². The van der Waals surface area contributed by atoms with Crippen molar-refractivity contribution in [1.82, 2.24) is 9.21 Å². The first-order valence-electron chi connectivity index (χ1n) is 8.95. The zero-order valence-electron chi connectivity index (χ0n) is 16.0. The number of benzene rings is 1. The third-order valence-corrected chi connectivity index (χ3v) is 6.24. The van der Waals surface area contributed by atoms with Crippen LogP contribution in [0.4, 0.5) is 5.69 Å². The molecule has 0 unspecified atom stereocenters. The lowest BCUT2D eigenvalue weighted by Crippen LogP contribution is -2.43. The fraction of sp³-hybridized carbons (Fsp3) is 0.556. The van der Waals surface area contributed by atoms with Crippen LogP contribution >= 0.6 is 0 Å². The van der Waals surface area contributed by atoms with Gasteiger partial charge in [-0.3, -0.25) is 14.5 Å². The van der Waals surface area contributed by atoms with E-state index in [0.717, 1.165) is 23.7 Å². The molecule has 0 aliphatic carbocycles. The van der Waals surface area contributed by atoms with Crippen molar-refractivity contribution in [3.8, 4) is 0 Å². The van der Waals surface area contributed by atoms with Gasteiger partial charge in [-0.15, -0.1) is 0 Å². The van der Waals surface area contributed by atoms with Gasteiger partial charge in [-0.2, -0.15) is 0 Å². The van der Waals surface area contributed by atoms with E-state index in [1.165, 1.54) is 26.2 Å². The summed E-state index contributed by atoms with van der Waals surface area (Å²) in [6.07, 6.45) is 1.62. The molecule has 1 fully saturated rings. The van der Waals surface area contributed by atoms with Crippen molar-refractivity contribution >= 4 is 27.6 Å². The minimum absolute atomic E-state index is 0.166. The Morgan fingerprint density at radius 1 is 1.26 bits per heavy atom. The van der Waals surface area contributed by atoms with Gasteiger partial charge in [0.2, 0.25) is 15.9 Å². The van der Waals surface area contributed by atoms with Crippen molar-refractivity contribution in [2.75, 3.05) is 45.7 Å². The number of likely N-dealkylation sites (tertiary alicyclic amines) is 1. The van der Waals surface area contributed by atoms with E-state index in [1.54, 1.807) is 19.1 Å². The van der Waals surface area contributed by atoms with Gasteiger partial charge in [-0.1, -0.05) is 0 Å². The molecular weight excluding hydrogens is 370 g/mol. The molecule has 1 amide bonds. The number of esters is 1. The molecule has 1 heterocycles. The summed E-state index contributed by atoms with van der Waals surface area (Å²) in [7, 11) is -0.564. The predicted molar refractivity (Wildman–Crippen MR) is 102 cm³/mol. The summed E-state index contributed by atoms with van der Waals surface area (Å²) in [5, 5.41) is 2.76. The molecule has 1 aliphatic rings. The molecule has 1 aromatic rings. The summed E-state index contributed by atoms with van der Waals surface area (Å²) in [6, 6.07) is 6.04. The van der Waals surface area contributed by atoms with Gasteiger partial charge >= 0.3 is 5.97 Å². The van der Waals surface area contributed by atoms with Crippen molar-refractivity contribution in [2.24, 2.45) is 5.92 Å². The number of nitrogens with one attached hydrogen (secondary N) is 1. The summed E-state index contributed by atoms with van der Waals surface area (Å²) >= 11 is 0. The molecule has 9 heteroatoms. The average molecular weight is 397 g/mol. The topological polar surface area (TPSA) is 96.0 Å². The Morgan fingerprint density at radius 3 is 2.52 bits per heavy atom. The number of amides is 1. The average Bonchev–Trinajstić information content (AvgIpc) is 2.62. The maximum atomic E-state index is 12.3. The van der Waals surface area contributed by atoms with Gasteiger partial charge in [0.25, 0.3) is 0 Å². The molecule has 0 radical (unpaired) electrons. The fourth-order valence-corrected chi connectivity index (χ4v) is 3.88. The lowest BCUT2D eigenvalue weighted by molar-refractivity contribution is -0.150. The van der Waals surface area contributed by atoms with Gasteiger partial charge in [0.15, 0.2) is 0 Å². The van der Waals surface area contributed by atoms with Gasteiger partial charge in [0.05, 0.1) is 24.0 Å². The number of piperidine rings is 1. The van der Waals surface area contributed by atoms with Crippen LogP contribution < -0.4 is 5.32 Å². The molecular formula is C18H27N3O5S. The van der Waals surface area contributed by atoms with Crippen molar-refractivity contribution in [3.63, 3.8) is 0 Å². The highest BCUT2D eigenvalue weighted by Crippen LogP contribution is 2.19. The van der Waals surface area contributed by atoms with E-state index in [0.29, 0.717) is 18.8 Å². The second kappa shape index (κ2) is 9.29. The predicted octanol–water partition coefficient (Wildman–Crippen LogP) is 1.15. The smallest absolute Gasteiger partial charge is 0.310 e. The van der Waals surface area contributed by atoms with Crippen LogP contribution in [0.5, 0.6) is 0 Å². The summed E-state index contributed by atoms with van der Waals surface area (Å²) in [6.45, 7) is 3.57.